The van der Waals surface area contributed by atoms with Crippen LogP contribution in [-0.4, -0.2) is 31.5 Å². The highest BCUT2D eigenvalue weighted by Crippen LogP contribution is 2.41. The van der Waals surface area contributed by atoms with E-state index in [9.17, 15) is 0 Å². The normalized spacial score (nSPS) is 30.3. The summed E-state index contributed by atoms with van der Waals surface area (Å²) < 4.78 is 11.6. The van der Waals surface area contributed by atoms with Crippen molar-refractivity contribution in [1.82, 2.24) is 5.43 Å². The van der Waals surface area contributed by atoms with Crippen molar-refractivity contribution in [1.29, 1.82) is 0 Å². The molecule has 1 spiro atoms. The lowest BCUT2D eigenvalue weighted by Crippen LogP contribution is -2.54. The number of nitrogens with one attached hydrogen (secondary N) is 1. The molecule has 0 bridgehead atoms. The van der Waals surface area contributed by atoms with Gasteiger partial charge in [-0.05, 0) is 37.0 Å². The number of ether oxygens (including phenoxy) is 2. The van der Waals surface area contributed by atoms with E-state index < -0.39 is 0 Å². The van der Waals surface area contributed by atoms with E-state index in [1.165, 1.54) is 0 Å². The molecule has 2 saturated heterocycles. The van der Waals surface area contributed by atoms with Crippen LogP contribution in [0.25, 0.3) is 0 Å². The lowest BCUT2D eigenvalue weighted by molar-refractivity contribution is -0.153. The van der Waals surface area contributed by atoms with E-state index in [4.69, 9.17) is 15.3 Å². The van der Waals surface area contributed by atoms with E-state index in [1.54, 1.807) is 0 Å². The first-order valence-corrected chi connectivity index (χ1v) is 7.15. The van der Waals surface area contributed by atoms with Crippen LogP contribution in [0.15, 0.2) is 0 Å². The van der Waals surface area contributed by atoms with Crippen molar-refractivity contribution in [2.75, 3.05) is 19.8 Å². The standard InChI is InChI=1S/C14H28N2O2/c1-13(2,3)12(16-15)11-4-7-18-14(10-11)5-8-17-9-6-14/h11-12,16H,4-10,15H2,1-3H3. The predicted molar refractivity (Wildman–Crippen MR) is 72.0 cm³/mol. The quantitative estimate of drug-likeness (QED) is 0.585. The molecule has 2 aliphatic heterocycles. The van der Waals surface area contributed by atoms with Crippen LogP contribution in [-0.2, 0) is 9.47 Å². The molecule has 2 fully saturated rings. The van der Waals surface area contributed by atoms with E-state index in [1.807, 2.05) is 0 Å². The molecule has 2 atom stereocenters. The summed E-state index contributed by atoms with van der Waals surface area (Å²) in [6.45, 7) is 9.29. The number of rotatable bonds is 2. The van der Waals surface area contributed by atoms with Gasteiger partial charge in [0.25, 0.3) is 0 Å². The zero-order valence-electron chi connectivity index (χ0n) is 12.0. The summed E-state index contributed by atoms with van der Waals surface area (Å²) in [7, 11) is 0. The van der Waals surface area contributed by atoms with Crippen LogP contribution in [0.3, 0.4) is 0 Å². The van der Waals surface area contributed by atoms with Crippen LogP contribution in [0.1, 0.15) is 46.5 Å². The molecule has 0 radical (unpaired) electrons. The molecule has 0 aromatic carbocycles. The fraction of sp³-hybridized carbons (Fsp3) is 1.00. The van der Waals surface area contributed by atoms with Gasteiger partial charge in [0.15, 0.2) is 0 Å². The second-order valence-corrected chi connectivity index (χ2v) is 6.91. The fourth-order valence-electron chi connectivity index (χ4n) is 3.54. The van der Waals surface area contributed by atoms with Crippen LogP contribution in [0.2, 0.25) is 0 Å². The fourth-order valence-corrected chi connectivity index (χ4v) is 3.54. The van der Waals surface area contributed by atoms with Crippen molar-refractivity contribution >= 4 is 0 Å². The van der Waals surface area contributed by atoms with Gasteiger partial charge < -0.3 is 9.47 Å². The molecule has 3 N–H and O–H groups in total. The minimum absolute atomic E-state index is 0.0571. The van der Waals surface area contributed by atoms with Gasteiger partial charge in [-0.3, -0.25) is 11.3 Å². The summed E-state index contributed by atoms with van der Waals surface area (Å²) in [6, 6.07) is 0.348. The van der Waals surface area contributed by atoms with Gasteiger partial charge in [-0.1, -0.05) is 20.8 Å². The van der Waals surface area contributed by atoms with Crippen LogP contribution in [0.5, 0.6) is 0 Å². The van der Waals surface area contributed by atoms with E-state index >= 15 is 0 Å². The summed E-state index contributed by atoms with van der Waals surface area (Å²) in [5.74, 6) is 6.39. The minimum Gasteiger partial charge on any atom is -0.381 e. The Bertz CT molecular complexity index is 264. The van der Waals surface area contributed by atoms with Crippen molar-refractivity contribution < 1.29 is 9.47 Å². The Hall–Kier alpha value is -0.160. The van der Waals surface area contributed by atoms with Crippen molar-refractivity contribution in [3.63, 3.8) is 0 Å². The summed E-state index contributed by atoms with van der Waals surface area (Å²) >= 11 is 0. The Balaban J connectivity index is 2.05. The second kappa shape index (κ2) is 5.45. The molecule has 2 unspecified atom stereocenters. The Morgan fingerprint density at radius 1 is 1.22 bits per heavy atom. The van der Waals surface area contributed by atoms with Crippen molar-refractivity contribution in [3.8, 4) is 0 Å². The lowest BCUT2D eigenvalue weighted by Gasteiger charge is -2.47. The number of hydrogen-bond donors (Lipinski definition) is 2. The third-order valence-corrected chi connectivity index (χ3v) is 4.52. The molecule has 0 amide bonds. The molecule has 4 heteroatoms. The maximum Gasteiger partial charge on any atom is 0.0729 e. The number of hydrazine groups is 1. The Kier molecular flexibility index (Phi) is 4.32. The Morgan fingerprint density at radius 3 is 2.44 bits per heavy atom. The third-order valence-electron chi connectivity index (χ3n) is 4.52. The van der Waals surface area contributed by atoms with E-state index in [-0.39, 0.29) is 11.0 Å². The van der Waals surface area contributed by atoms with Crippen molar-refractivity contribution in [2.24, 2.45) is 17.2 Å². The van der Waals surface area contributed by atoms with Gasteiger partial charge in [0.05, 0.1) is 5.60 Å². The van der Waals surface area contributed by atoms with Gasteiger partial charge in [-0.15, -0.1) is 0 Å². The van der Waals surface area contributed by atoms with Gasteiger partial charge in [-0.25, -0.2) is 0 Å². The summed E-state index contributed by atoms with van der Waals surface area (Å²) in [6.07, 6.45) is 4.28. The predicted octanol–water partition coefficient (Wildman–Crippen LogP) is 1.84. The van der Waals surface area contributed by atoms with Crippen LogP contribution >= 0.6 is 0 Å². The molecule has 106 valence electrons. The van der Waals surface area contributed by atoms with Gasteiger partial charge >= 0.3 is 0 Å². The first-order chi connectivity index (χ1) is 8.47. The van der Waals surface area contributed by atoms with Crippen LogP contribution in [0, 0.1) is 11.3 Å². The summed E-state index contributed by atoms with van der Waals surface area (Å²) in [4.78, 5) is 0. The molecule has 2 heterocycles. The molecular weight excluding hydrogens is 228 g/mol. The van der Waals surface area contributed by atoms with Crippen molar-refractivity contribution in [2.45, 2.75) is 58.1 Å². The van der Waals surface area contributed by atoms with Crippen LogP contribution in [0.4, 0.5) is 0 Å². The second-order valence-electron chi connectivity index (χ2n) is 6.91. The SMILES string of the molecule is CC(C)(C)C(NN)C1CCOC2(CCOCC2)C1. The van der Waals surface area contributed by atoms with Crippen LogP contribution < -0.4 is 11.3 Å². The molecular formula is C14H28N2O2. The van der Waals surface area contributed by atoms with Gasteiger partial charge in [0.1, 0.15) is 0 Å². The highest BCUT2D eigenvalue weighted by Gasteiger charge is 2.43. The molecule has 0 aliphatic carbocycles. The Labute approximate surface area is 111 Å². The zero-order valence-corrected chi connectivity index (χ0v) is 12.0. The largest absolute Gasteiger partial charge is 0.381 e. The Morgan fingerprint density at radius 2 is 1.89 bits per heavy atom. The third kappa shape index (κ3) is 3.05. The van der Waals surface area contributed by atoms with Gasteiger partial charge in [-0.2, -0.15) is 0 Å². The first-order valence-electron chi connectivity index (χ1n) is 7.15. The van der Waals surface area contributed by atoms with E-state index in [0.717, 1.165) is 45.5 Å². The van der Waals surface area contributed by atoms with Gasteiger partial charge in [0, 0.05) is 25.9 Å². The summed E-state index contributed by atoms with van der Waals surface area (Å²) in [5, 5.41) is 0. The van der Waals surface area contributed by atoms with Gasteiger partial charge in [0.2, 0.25) is 0 Å². The molecule has 0 saturated carbocycles. The highest BCUT2D eigenvalue weighted by molar-refractivity contribution is 4.95. The number of nitrogens with two attached hydrogens (primary N) is 1. The molecule has 2 rings (SSSR count). The zero-order chi connectivity index (χ0) is 13.2. The van der Waals surface area contributed by atoms with E-state index in [2.05, 4.69) is 26.2 Å². The molecule has 0 aromatic rings. The maximum absolute atomic E-state index is 6.10. The smallest absolute Gasteiger partial charge is 0.0729 e. The average molecular weight is 256 g/mol. The summed E-state index contributed by atoms with van der Waals surface area (Å²) in [5.41, 5.74) is 3.29. The molecule has 4 nitrogen and oxygen atoms in total. The number of hydrogen-bond acceptors (Lipinski definition) is 4. The highest BCUT2D eigenvalue weighted by atomic mass is 16.5. The first kappa shape index (κ1) is 14.3. The molecule has 18 heavy (non-hydrogen) atoms. The topological polar surface area (TPSA) is 56.5 Å². The lowest BCUT2D eigenvalue weighted by atomic mass is 9.71. The minimum atomic E-state index is 0.0571. The molecule has 2 aliphatic rings. The molecule has 0 aromatic heterocycles. The monoisotopic (exact) mass is 256 g/mol. The maximum atomic E-state index is 6.10. The average Bonchev–Trinajstić information content (AvgIpc) is 2.29. The van der Waals surface area contributed by atoms with Crippen molar-refractivity contribution in [3.05, 3.63) is 0 Å². The van der Waals surface area contributed by atoms with E-state index in [0.29, 0.717) is 12.0 Å².